The maximum Gasteiger partial charge on any atom is 0.0585 e. The van der Waals surface area contributed by atoms with Crippen LogP contribution in [0.5, 0.6) is 0 Å². The number of benzene rings is 1. The predicted molar refractivity (Wildman–Crippen MR) is 73.8 cm³/mol. The molecule has 0 amide bonds. The summed E-state index contributed by atoms with van der Waals surface area (Å²) < 4.78 is 5.38. The third kappa shape index (κ3) is 2.41. The summed E-state index contributed by atoms with van der Waals surface area (Å²) >= 11 is 6.23. The minimum atomic E-state index is 0.247. The highest BCUT2D eigenvalue weighted by atomic mass is 32.2. The molecule has 0 radical (unpaired) electrons. The second-order valence-corrected chi connectivity index (χ2v) is 5.99. The Balaban J connectivity index is 2.13. The lowest BCUT2D eigenvalue weighted by molar-refractivity contribution is -0.0613. The van der Waals surface area contributed by atoms with Gasteiger partial charge >= 0.3 is 0 Å². The first-order valence-corrected chi connectivity index (χ1v) is 7.34. The van der Waals surface area contributed by atoms with Gasteiger partial charge in [-0.3, -0.25) is 0 Å². The van der Waals surface area contributed by atoms with Crippen LogP contribution in [0, 0.1) is 0 Å². The lowest BCUT2D eigenvalue weighted by atomic mass is 9.76. The quantitative estimate of drug-likeness (QED) is 0.637. The lowest BCUT2D eigenvalue weighted by Gasteiger charge is -2.42. The summed E-state index contributed by atoms with van der Waals surface area (Å²) in [6, 6.07) is 8.96. The maximum absolute atomic E-state index is 5.38. The van der Waals surface area contributed by atoms with Gasteiger partial charge in [-0.2, -0.15) is 12.6 Å². The van der Waals surface area contributed by atoms with E-state index in [1.807, 2.05) is 11.8 Å². The molecule has 0 unspecified atom stereocenters. The second kappa shape index (κ2) is 5.48. The van der Waals surface area contributed by atoms with Crippen molar-refractivity contribution in [3.8, 4) is 0 Å². The maximum atomic E-state index is 5.38. The fourth-order valence-corrected chi connectivity index (χ4v) is 3.18. The molecule has 1 nitrogen and oxygen atoms in total. The Kier molecular flexibility index (Phi) is 4.22. The van der Waals surface area contributed by atoms with Gasteiger partial charge in [0.25, 0.3) is 0 Å². The summed E-state index contributed by atoms with van der Waals surface area (Å²) in [4.78, 5) is 1.35. The van der Waals surface area contributed by atoms with Crippen molar-refractivity contribution in [2.45, 2.75) is 23.7 Å². The number of hydrogen-bond donors (Lipinski definition) is 1. The third-order valence-electron chi connectivity index (χ3n) is 3.12. The van der Waals surface area contributed by atoms with Crippen molar-refractivity contribution in [2.75, 3.05) is 24.7 Å². The van der Waals surface area contributed by atoms with Gasteiger partial charge < -0.3 is 4.74 Å². The van der Waals surface area contributed by atoms with Crippen LogP contribution in [0.4, 0.5) is 0 Å². The molecule has 0 atom stereocenters. The van der Waals surface area contributed by atoms with E-state index in [0.29, 0.717) is 0 Å². The molecule has 0 spiro atoms. The molecule has 0 aliphatic carbocycles. The smallest absolute Gasteiger partial charge is 0.0585 e. The predicted octanol–water partition coefficient (Wildman–Crippen LogP) is 3.39. The van der Waals surface area contributed by atoms with Crippen LogP contribution in [0.2, 0.25) is 0 Å². The average Bonchev–Trinajstić information content (AvgIpc) is 2.25. The largest absolute Gasteiger partial charge is 0.379 e. The zero-order valence-electron chi connectivity index (χ0n) is 9.61. The van der Waals surface area contributed by atoms with Crippen molar-refractivity contribution in [1.82, 2.24) is 0 Å². The molecule has 2 rings (SSSR count). The van der Waals surface area contributed by atoms with Gasteiger partial charge in [0.15, 0.2) is 0 Å². The van der Waals surface area contributed by atoms with Gasteiger partial charge in [0, 0.05) is 10.3 Å². The Bertz CT molecular complexity index is 330. The Hall–Kier alpha value is -0.120. The van der Waals surface area contributed by atoms with E-state index in [2.05, 4.69) is 43.8 Å². The fraction of sp³-hybridized carbons (Fsp3) is 0.538. The standard InChI is InChI=1S/C13H18OS2/c1-2-16-12-5-3-11(4-6-12)13(7-8-15)9-14-10-13/h3-6,15H,2,7-10H2,1H3. The molecule has 1 aliphatic heterocycles. The number of thioether (sulfide) groups is 1. The molecule has 0 aromatic heterocycles. The highest BCUT2D eigenvalue weighted by Crippen LogP contribution is 2.36. The summed E-state index contributed by atoms with van der Waals surface area (Å²) in [5.74, 6) is 2.05. The van der Waals surface area contributed by atoms with Crippen molar-refractivity contribution < 1.29 is 4.74 Å². The average molecular weight is 254 g/mol. The molecule has 0 saturated carbocycles. The van der Waals surface area contributed by atoms with Crippen molar-refractivity contribution in [3.05, 3.63) is 29.8 Å². The van der Waals surface area contributed by atoms with E-state index < -0.39 is 0 Å². The van der Waals surface area contributed by atoms with Gasteiger partial charge in [0.05, 0.1) is 13.2 Å². The van der Waals surface area contributed by atoms with Crippen LogP contribution in [0.15, 0.2) is 29.2 Å². The summed E-state index contributed by atoms with van der Waals surface area (Å²) in [6.45, 7) is 3.89. The number of thiol groups is 1. The van der Waals surface area contributed by atoms with E-state index in [0.717, 1.165) is 31.1 Å². The van der Waals surface area contributed by atoms with Crippen LogP contribution < -0.4 is 0 Å². The van der Waals surface area contributed by atoms with E-state index in [1.165, 1.54) is 10.5 Å². The Morgan fingerprint density at radius 1 is 1.31 bits per heavy atom. The van der Waals surface area contributed by atoms with Crippen LogP contribution in [-0.4, -0.2) is 24.7 Å². The van der Waals surface area contributed by atoms with E-state index in [-0.39, 0.29) is 5.41 Å². The zero-order chi connectivity index (χ0) is 11.4. The topological polar surface area (TPSA) is 9.23 Å². The summed E-state index contributed by atoms with van der Waals surface area (Å²) in [5, 5.41) is 0. The molecule has 0 bridgehead atoms. The minimum absolute atomic E-state index is 0.247. The zero-order valence-corrected chi connectivity index (χ0v) is 11.3. The summed E-state index contributed by atoms with van der Waals surface area (Å²) in [7, 11) is 0. The van der Waals surface area contributed by atoms with E-state index in [9.17, 15) is 0 Å². The monoisotopic (exact) mass is 254 g/mol. The molecule has 1 aromatic carbocycles. The molecule has 88 valence electrons. The van der Waals surface area contributed by atoms with Crippen LogP contribution in [0.1, 0.15) is 18.9 Å². The van der Waals surface area contributed by atoms with Gasteiger partial charge in [-0.25, -0.2) is 0 Å². The molecule has 1 saturated heterocycles. The van der Waals surface area contributed by atoms with Crippen molar-refractivity contribution in [3.63, 3.8) is 0 Å². The Labute approximate surface area is 107 Å². The molecule has 16 heavy (non-hydrogen) atoms. The number of rotatable bonds is 5. The van der Waals surface area contributed by atoms with Gasteiger partial charge in [-0.15, -0.1) is 11.8 Å². The van der Waals surface area contributed by atoms with Gasteiger partial charge in [-0.05, 0) is 35.6 Å². The van der Waals surface area contributed by atoms with E-state index in [4.69, 9.17) is 4.74 Å². The molecule has 1 aliphatic rings. The molecular weight excluding hydrogens is 236 g/mol. The van der Waals surface area contributed by atoms with Crippen LogP contribution >= 0.6 is 24.4 Å². The molecule has 1 aromatic rings. The fourth-order valence-electron chi connectivity index (χ4n) is 2.09. The van der Waals surface area contributed by atoms with Crippen molar-refractivity contribution >= 4 is 24.4 Å². The molecule has 0 N–H and O–H groups in total. The SMILES string of the molecule is CCSc1ccc(C2(CCS)COC2)cc1. The Morgan fingerprint density at radius 2 is 2.00 bits per heavy atom. The van der Waals surface area contributed by atoms with E-state index >= 15 is 0 Å². The van der Waals surface area contributed by atoms with Gasteiger partial charge in [0.2, 0.25) is 0 Å². The van der Waals surface area contributed by atoms with Crippen molar-refractivity contribution in [2.24, 2.45) is 0 Å². The first kappa shape index (κ1) is 12.3. The van der Waals surface area contributed by atoms with Gasteiger partial charge in [-0.1, -0.05) is 19.1 Å². The number of ether oxygens (including phenoxy) is 1. The third-order valence-corrected chi connectivity index (χ3v) is 4.24. The first-order chi connectivity index (χ1) is 7.80. The molecule has 1 fully saturated rings. The van der Waals surface area contributed by atoms with Crippen LogP contribution in [-0.2, 0) is 10.2 Å². The molecule has 1 heterocycles. The minimum Gasteiger partial charge on any atom is -0.379 e. The number of hydrogen-bond acceptors (Lipinski definition) is 3. The van der Waals surface area contributed by atoms with Crippen LogP contribution in [0.25, 0.3) is 0 Å². The highest BCUT2D eigenvalue weighted by Gasteiger charge is 2.39. The van der Waals surface area contributed by atoms with Gasteiger partial charge in [0.1, 0.15) is 0 Å². The molecular formula is C13H18OS2. The first-order valence-electron chi connectivity index (χ1n) is 5.73. The lowest BCUT2D eigenvalue weighted by Crippen LogP contribution is -2.47. The normalized spacial score (nSPS) is 18.1. The Morgan fingerprint density at radius 3 is 2.44 bits per heavy atom. The van der Waals surface area contributed by atoms with Crippen molar-refractivity contribution in [1.29, 1.82) is 0 Å². The summed E-state index contributed by atoms with van der Waals surface area (Å²) in [5.41, 5.74) is 1.66. The second-order valence-electron chi connectivity index (χ2n) is 4.20. The summed E-state index contributed by atoms with van der Waals surface area (Å²) in [6.07, 6.45) is 1.11. The van der Waals surface area contributed by atoms with E-state index in [1.54, 1.807) is 0 Å². The molecule has 3 heteroatoms. The van der Waals surface area contributed by atoms with Crippen LogP contribution in [0.3, 0.4) is 0 Å². The highest BCUT2D eigenvalue weighted by molar-refractivity contribution is 7.99.